The fourth-order valence-corrected chi connectivity index (χ4v) is 3.39. The second-order valence-corrected chi connectivity index (χ2v) is 7.16. The molecule has 0 fully saturated rings. The molecule has 2 aromatic carbocycles. The number of nitrogens with zero attached hydrogens (tertiary/aromatic N) is 1. The van der Waals surface area contributed by atoms with Crippen LogP contribution in [0.2, 0.25) is 0 Å². The van der Waals surface area contributed by atoms with Crippen molar-refractivity contribution in [1.82, 2.24) is 10.2 Å². The smallest absolute Gasteiger partial charge is 0.356 e. The van der Waals surface area contributed by atoms with Gasteiger partial charge in [0.15, 0.2) is 0 Å². The largest absolute Gasteiger partial charge is 0.416 e. The number of carbonyl (C=O) groups excluding carboxylic acids is 2. The van der Waals surface area contributed by atoms with Crippen molar-refractivity contribution < 1.29 is 22.8 Å². The summed E-state index contributed by atoms with van der Waals surface area (Å²) >= 11 is 0. The summed E-state index contributed by atoms with van der Waals surface area (Å²) in [7, 11) is 0. The molecule has 1 N–H and O–H groups in total. The van der Waals surface area contributed by atoms with Crippen molar-refractivity contribution in [3.8, 4) is 0 Å². The lowest BCUT2D eigenvalue weighted by molar-refractivity contribution is -0.137. The summed E-state index contributed by atoms with van der Waals surface area (Å²) in [4.78, 5) is 26.2. The number of benzene rings is 2. The average Bonchev–Trinajstić information content (AvgIpc) is 2.70. The predicted molar refractivity (Wildman–Crippen MR) is 103 cm³/mol. The number of hydrogen-bond donors (Lipinski definition) is 1. The highest BCUT2D eigenvalue weighted by Crippen LogP contribution is 2.29. The fourth-order valence-electron chi connectivity index (χ4n) is 3.39. The monoisotopic (exact) mass is 404 g/mol. The summed E-state index contributed by atoms with van der Waals surface area (Å²) in [5.74, 6) is -0.208. The number of nitrogens with one attached hydrogen (secondary N) is 1. The first-order valence-electron chi connectivity index (χ1n) is 9.60. The Kier molecular flexibility index (Phi) is 6.56. The first-order chi connectivity index (χ1) is 13.8. The summed E-state index contributed by atoms with van der Waals surface area (Å²) in [5, 5.41) is 2.72. The van der Waals surface area contributed by atoms with Crippen LogP contribution in [0.1, 0.15) is 35.1 Å². The second kappa shape index (κ2) is 9.11. The lowest BCUT2D eigenvalue weighted by atomic mass is 9.99. The van der Waals surface area contributed by atoms with Crippen molar-refractivity contribution in [1.29, 1.82) is 0 Å². The third-order valence-corrected chi connectivity index (χ3v) is 5.02. The van der Waals surface area contributed by atoms with Crippen molar-refractivity contribution in [3.05, 3.63) is 70.8 Å². The number of carbonyl (C=O) groups is 2. The molecule has 0 aromatic heterocycles. The quantitative estimate of drug-likeness (QED) is 0.746. The highest BCUT2D eigenvalue weighted by atomic mass is 19.4. The maximum absolute atomic E-state index is 12.6. The Morgan fingerprint density at radius 1 is 1.00 bits per heavy atom. The van der Waals surface area contributed by atoms with E-state index in [0.29, 0.717) is 38.0 Å². The molecule has 0 aliphatic carbocycles. The molecule has 0 atom stereocenters. The molecule has 4 nitrogen and oxygen atoms in total. The Morgan fingerprint density at radius 2 is 1.69 bits per heavy atom. The van der Waals surface area contributed by atoms with Crippen molar-refractivity contribution in [2.45, 2.75) is 38.4 Å². The maximum atomic E-state index is 12.6. The Morgan fingerprint density at radius 3 is 2.38 bits per heavy atom. The van der Waals surface area contributed by atoms with Gasteiger partial charge in [0.2, 0.25) is 11.8 Å². The van der Waals surface area contributed by atoms with Crippen molar-refractivity contribution >= 4 is 11.8 Å². The molecular weight excluding hydrogens is 381 g/mol. The number of alkyl halides is 3. The van der Waals surface area contributed by atoms with Gasteiger partial charge in [0, 0.05) is 26.1 Å². The molecule has 1 heterocycles. The molecule has 0 bridgehead atoms. The molecule has 2 amide bonds. The minimum atomic E-state index is -4.39. The van der Waals surface area contributed by atoms with Crippen LogP contribution < -0.4 is 5.32 Å². The van der Waals surface area contributed by atoms with E-state index in [1.807, 2.05) is 23.1 Å². The van der Waals surface area contributed by atoms with Gasteiger partial charge in [0.05, 0.1) is 12.0 Å². The van der Waals surface area contributed by atoms with Crippen LogP contribution in [0.25, 0.3) is 0 Å². The van der Waals surface area contributed by atoms with Crippen LogP contribution in [0.4, 0.5) is 13.2 Å². The third-order valence-electron chi connectivity index (χ3n) is 5.02. The summed E-state index contributed by atoms with van der Waals surface area (Å²) in [6.45, 7) is 1.68. The second-order valence-electron chi connectivity index (χ2n) is 7.16. The number of fused-ring (bicyclic) bond motifs is 1. The minimum Gasteiger partial charge on any atom is -0.356 e. The van der Waals surface area contributed by atoms with Crippen LogP contribution in [0, 0.1) is 0 Å². The number of halogens is 3. The summed E-state index contributed by atoms with van der Waals surface area (Å²) in [6.07, 6.45) is -2.65. The number of rotatable bonds is 6. The van der Waals surface area contributed by atoms with Crippen LogP contribution >= 0.6 is 0 Å². The first kappa shape index (κ1) is 20.9. The van der Waals surface area contributed by atoms with Crippen molar-refractivity contribution in [2.24, 2.45) is 0 Å². The summed E-state index contributed by atoms with van der Waals surface area (Å²) < 4.78 is 37.7. The zero-order chi connectivity index (χ0) is 20.9. The molecule has 0 spiro atoms. The van der Waals surface area contributed by atoms with Gasteiger partial charge < -0.3 is 10.2 Å². The van der Waals surface area contributed by atoms with Gasteiger partial charge in [0.1, 0.15) is 0 Å². The van der Waals surface area contributed by atoms with Gasteiger partial charge in [-0.3, -0.25) is 9.59 Å². The fraction of sp³-hybridized carbons (Fsp3) is 0.364. The van der Waals surface area contributed by atoms with E-state index in [9.17, 15) is 22.8 Å². The lowest BCUT2D eigenvalue weighted by Crippen LogP contribution is -2.36. The molecule has 0 unspecified atom stereocenters. The normalized spacial score (nSPS) is 13.7. The highest BCUT2D eigenvalue weighted by Gasteiger charge is 2.30. The van der Waals surface area contributed by atoms with E-state index in [2.05, 4.69) is 11.4 Å². The van der Waals surface area contributed by atoms with Crippen molar-refractivity contribution in [2.75, 3.05) is 13.1 Å². The van der Waals surface area contributed by atoms with Gasteiger partial charge in [-0.15, -0.1) is 0 Å². The molecule has 3 rings (SSSR count). The molecule has 7 heteroatoms. The SMILES string of the molecule is O=C(Cc1ccc(C(F)(F)F)cc1)NCCCC(=O)N1CCc2ccccc2C1. The van der Waals surface area contributed by atoms with Gasteiger partial charge in [-0.1, -0.05) is 36.4 Å². The van der Waals surface area contributed by atoms with Crippen LogP contribution in [0.3, 0.4) is 0 Å². The zero-order valence-electron chi connectivity index (χ0n) is 16.0. The molecule has 1 aliphatic rings. The molecule has 154 valence electrons. The molecular formula is C22H23F3N2O2. The van der Waals surface area contributed by atoms with Gasteiger partial charge in [-0.05, 0) is 41.7 Å². The Hall–Kier alpha value is -2.83. The van der Waals surface area contributed by atoms with Crippen LogP contribution in [0.5, 0.6) is 0 Å². The topological polar surface area (TPSA) is 49.4 Å². The molecule has 1 aliphatic heterocycles. The molecule has 0 radical (unpaired) electrons. The Bertz CT molecular complexity index is 863. The lowest BCUT2D eigenvalue weighted by Gasteiger charge is -2.29. The molecule has 0 saturated carbocycles. The highest BCUT2D eigenvalue weighted by molar-refractivity contribution is 5.79. The van der Waals surface area contributed by atoms with Crippen LogP contribution in [-0.4, -0.2) is 29.8 Å². The number of hydrogen-bond acceptors (Lipinski definition) is 2. The van der Waals surface area contributed by atoms with Gasteiger partial charge in [-0.25, -0.2) is 0 Å². The Labute approximate surface area is 167 Å². The van der Waals surface area contributed by atoms with E-state index >= 15 is 0 Å². The third kappa shape index (κ3) is 5.82. The van der Waals surface area contributed by atoms with E-state index in [1.54, 1.807) is 0 Å². The van der Waals surface area contributed by atoms with Crippen LogP contribution in [-0.2, 0) is 35.2 Å². The average molecular weight is 404 g/mol. The summed E-state index contributed by atoms with van der Waals surface area (Å²) in [6, 6.07) is 12.7. The predicted octanol–water partition coefficient (Wildman–Crippen LogP) is 3.73. The van der Waals surface area contributed by atoms with E-state index in [0.717, 1.165) is 18.6 Å². The minimum absolute atomic E-state index is 0.00892. The maximum Gasteiger partial charge on any atom is 0.416 e. The van der Waals surface area contributed by atoms with Crippen LogP contribution in [0.15, 0.2) is 48.5 Å². The summed E-state index contributed by atoms with van der Waals surface area (Å²) in [5.41, 5.74) is 2.24. The molecule has 2 aromatic rings. The van der Waals surface area contributed by atoms with E-state index < -0.39 is 11.7 Å². The first-order valence-corrected chi connectivity index (χ1v) is 9.60. The van der Waals surface area contributed by atoms with Gasteiger partial charge in [0.25, 0.3) is 0 Å². The molecule has 0 saturated heterocycles. The van der Waals surface area contributed by atoms with Gasteiger partial charge in [-0.2, -0.15) is 13.2 Å². The van der Waals surface area contributed by atoms with Gasteiger partial charge >= 0.3 is 6.18 Å². The van der Waals surface area contributed by atoms with E-state index in [1.165, 1.54) is 23.3 Å². The van der Waals surface area contributed by atoms with Crippen molar-refractivity contribution in [3.63, 3.8) is 0 Å². The number of amides is 2. The Balaban J connectivity index is 1.37. The van der Waals surface area contributed by atoms with E-state index in [-0.39, 0.29) is 18.2 Å². The standard InChI is InChI=1S/C22H23F3N2O2/c23-22(24,25)19-9-7-16(8-10-19)14-20(28)26-12-3-6-21(29)27-13-11-17-4-1-2-5-18(17)15-27/h1-2,4-5,7-10H,3,6,11-15H2,(H,26,28). The van der Waals surface area contributed by atoms with E-state index in [4.69, 9.17) is 0 Å². The molecule has 29 heavy (non-hydrogen) atoms. The zero-order valence-corrected chi connectivity index (χ0v) is 16.0.